The van der Waals surface area contributed by atoms with Crippen molar-refractivity contribution in [3.05, 3.63) is 59.9 Å². The summed E-state index contributed by atoms with van der Waals surface area (Å²) in [4.78, 5) is 24.8. The number of hydrogen-bond donors (Lipinski definition) is 0. The van der Waals surface area contributed by atoms with Gasteiger partial charge in [0.1, 0.15) is 5.82 Å². The van der Waals surface area contributed by atoms with E-state index in [1.54, 1.807) is 19.9 Å². The van der Waals surface area contributed by atoms with Crippen LogP contribution in [0.3, 0.4) is 0 Å². The van der Waals surface area contributed by atoms with Crippen LogP contribution in [-0.2, 0) is 24.5 Å². The van der Waals surface area contributed by atoms with Crippen LogP contribution in [0.25, 0.3) is 11.1 Å². The van der Waals surface area contributed by atoms with Gasteiger partial charge in [0.15, 0.2) is 5.41 Å². The summed E-state index contributed by atoms with van der Waals surface area (Å²) in [6.45, 7) is 4.73. The van der Waals surface area contributed by atoms with E-state index in [9.17, 15) is 14.0 Å². The summed E-state index contributed by atoms with van der Waals surface area (Å²) in [5, 5.41) is 0. The largest absolute Gasteiger partial charge is 0.465 e. The van der Waals surface area contributed by atoms with Crippen molar-refractivity contribution in [3.8, 4) is 11.1 Å². The van der Waals surface area contributed by atoms with Crippen molar-refractivity contribution in [1.29, 1.82) is 0 Å². The normalized spacial score (nSPS) is 11.0. The highest BCUT2D eigenvalue weighted by molar-refractivity contribution is 6.06. The summed E-state index contributed by atoms with van der Waals surface area (Å²) >= 11 is 0. The minimum atomic E-state index is -1.86. The molecule has 2 aromatic rings. The van der Waals surface area contributed by atoms with Crippen molar-refractivity contribution < 1.29 is 23.5 Å². The molecule has 0 aliphatic heterocycles. The van der Waals surface area contributed by atoms with Crippen LogP contribution in [0, 0.1) is 5.82 Å². The zero-order valence-corrected chi connectivity index (χ0v) is 14.5. The van der Waals surface area contributed by atoms with Gasteiger partial charge in [-0.3, -0.25) is 9.59 Å². The maximum Gasteiger partial charge on any atom is 0.327 e. The first-order valence-corrected chi connectivity index (χ1v) is 8.15. The second-order valence-electron chi connectivity index (χ2n) is 5.63. The van der Waals surface area contributed by atoms with Crippen molar-refractivity contribution in [2.75, 3.05) is 13.2 Å². The van der Waals surface area contributed by atoms with Gasteiger partial charge >= 0.3 is 11.9 Å². The number of benzene rings is 2. The molecule has 0 atom stereocenters. The topological polar surface area (TPSA) is 52.6 Å². The molecule has 0 aliphatic carbocycles. The van der Waals surface area contributed by atoms with Crippen LogP contribution in [-0.4, -0.2) is 25.2 Å². The average molecular weight is 344 g/mol. The molecule has 0 bridgehead atoms. The molecule has 0 heterocycles. The number of halogens is 1. The Kier molecular flexibility index (Phi) is 5.91. The fraction of sp³-hybridized carbons (Fsp3) is 0.300. The summed E-state index contributed by atoms with van der Waals surface area (Å²) in [6, 6.07) is 13.7. The zero-order valence-electron chi connectivity index (χ0n) is 14.5. The van der Waals surface area contributed by atoms with Gasteiger partial charge < -0.3 is 9.47 Å². The standard InChI is InChI=1S/C20H21FO4/c1-4-24-18(22)20(3,19(23)25-5-2)16-12-11-15(13-17(16)21)14-9-7-6-8-10-14/h6-13H,4-5H2,1-3H3. The molecule has 5 heteroatoms. The fourth-order valence-corrected chi connectivity index (χ4v) is 2.58. The average Bonchev–Trinajstić information content (AvgIpc) is 2.62. The summed E-state index contributed by atoms with van der Waals surface area (Å²) in [7, 11) is 0. The number of esters is 2. The predicted molar refractivity (Wildman–Crippen MR) is 92.5 cm³/mol. The molecule has 132 valence electrons. The molecule has 0 unspecified atom stereocenters. The van der Waals surface area contributed by atoms with Crippen molar-refractivity contribution in [2.45, 2.75) is 26.2 Å². The number of carbonyl (C=O) groups excluding carboxylic acids is 2. The third kappa shape index (κ3) is 3.71. The Bertz CT molecular complexity index is 738. The van der Waals surface area contributed by atoms with E-state index in [0.29, 0.717) is 5.56 Å². The van der Waals surface area contributed by atoms with Gasteiger partial charge in [-0.25, -0.2) is 4.39 Å². The highest BCUT2D eigenvalue weighted by Gasteiger charge is 2.47. The van der Waals surface area contributed by atoms with Gasteiger partial charge in [-0.2, -0.15) is 0 Å². The van der Waals surface area contributed by atoms with Crippen LogP contribution in [0.1, 0.15) is 26.3 Å². The van der Waals surface area contributed by atoms with Crippen LogP contribution < -0.4 is 0 Å². The van der Waals surface area contributed by atoms with Crippen molar-refractivity contribution >= 4 is 11.9 Å². The minimum Gasteiger partial charge on any atom is -0.465 e. The summed E-state index contributed by atoms with van der Waals surface area (Å²) < 4.78 is 24.8. The number of hydrogen-bond acceptors (Lipinski definition) is 4. The lowest BCUT2D eigenvalue weighted by Crippen LogP contribution is -2.44. The Morgan fingerprint density at radius 2 is 1.48 bits per heavy atom. The monoisotopic (exact) mass is 344 g/mol. The SMILES string of the molecule is CCOC(=O)C(C)(C(=O)OCC)c1ccc(-c2ccccc2)cc1F. The highest BCUT2D eigenvalue weighted by Crippen LogP contribution is 2.32. The van der Waals surface area contributed by atoms with Gasteiger partial charge in [0.05, 0.1) is 13.2 Å². The van der Waals surface area contributed by atoms with Crippen molar-refractivity contribution in [1.82, 2.24) is 0 Å². The maximum absolute atomic E-state index is 14.8. The molecule has 0 fully saturated rings. The molecular formula is C20H21FO4. The molecule has 4 nitrogen and oxygen atoms in total. The van der Waals surface area contributed by atoms with Gasteiger partial charge in [-0.05, 0) is 38.0 Å². The van der Waals surface area contributed by atoms with E-state index in [1.807, 2.05) is 30.3 Å². The van der Waals surface area contributed by atoms with Gasteiger partial charge in [0.2, 0.25) is 0 Å². The molecule has 0 radical (unpaired) electrons. The number of carbonyl (C=O) groups is 2. The summed E-state index contributed by atoms with van der Waals surface area (Å²) in [5.74, 6) is -2.33. The van der Waals surface area contributed by atoms with Gasteiger partial charge in [-0.1, -0.05) is 42.5 Å². The van der Waals surface area contributed by atoms with E-state index in [-0.39, 0.29) is 18.8 Å². The smallest absolute Gasteiger partial charge is 0.327 e. The lowest BCUT2D eigenvalue weighted by atomic mass is 9.81. The lowest BCUT2D eigenvalue weighted by molar-refractivity contribution is -0.164. The third-order valence-electron chi connectivity index (χ3n) is 3.98. The van der Waals surface area contributed by atoms with Crippen LogP contribution in [0.15, 0.2) is 48.5 Å². The first-order valence-electron chi connectivity index (χ1n) is 8.15. The minimum absolute atomic E-state index is 0.0657. The Morgan fingerprint density at radius 1 is 0.920 bits per heavy atom. The second-order valence-corrected chi connectivity index (χ2v) is 5.63. The maximum atomic E-state index is 14.8. The van der Waals surface area contributed by atoms with Gasteiger partial charge in [-0.15, -0.1) is 0 Å². The number of ether oxygens (including phenoxy) is 2. The molecule has 0 spiro atoms. The molecule has 0 saturated heterocycles. The Morgan fingerprint density at radius 3 is 1.96 bits per heavy atom. The Labute approximate surface area is 146 Å². The fourth-order valence-electron chi connectivity index (χ4n) is 2.58. The number of rotatable bonds is 6. The Hall–Kier alpha value is -2.69. The van der Waals surface area contributed by atoms with Crippen LogP contribution >= 0.6 is 0 Å². The zero-order chi connectivity index (χ0) is 18.4. The third-order valence-corrected chi connectivity index (χ3v) is 3.98. The van der Waals surface area contributed by atoms with E-state index in [2.05, 4.69) is 0 Å². The van der Waals surface area contributed by atoms with E-state index in [0.717, 1.165) is 5.56 Å². The van der Waals surface area contributed by atoms with Crippen LogP contribution in [0.4, 0.5) is 4.39 Å². The van der Waals surface area contributed by atoms with E-state index < -0.39 is 23.2 Å². The lowest BCUT2D eigenvalue weighted by Gasteiger charge is -2.26. The van der Waals surface area contributed by atoms with Gasteiger partial charge in [0.25, 0.3) is 0 Å². The first kappa shape index (κ1) is 18.6. The molecule has 25 heavy (non-hydrogen) atoms. The highest BCUT2D eigenvalue weighted by atomic mass is 19.1. The first-order chi connectivity index (χ1) is 11.9. The Balaban J connectivity index is 2.51. The summed E-state index contributed by atoms with van der Waals surface area (Å²) in [6.07, 6.45) is 0. The predicted octanol–water partition coefficient (Wildman–Crippen LogP) is 3.88. The molecule has 0 aliphatic rings. The van der Waals surface area contributed by atoms with E-state index in [1.165, 1.54) is 19.1 Å². The van der Waals surface area contributed by atoms with E-state index >= 15 is 0 Å². The van der Waals surface area contributed by atoms with Crippen LogP contribution in [0.5, 0.6) is 0 Å². The van der Waals surface area contributed by atoms with E-state index in [4.69, 9.17) is 9.47 Å². The molecule has 0 amide bonds. The molecule has 0 aromatic heterocycles. The quantitative estimate of drug-likeness (QED) is 0.589. The second kappa shape index (κ2) is 7.92. The van der Waals surface area contributed by atoms with Gasteiger partial charge in [0, 0.05) is 5.56 Å². The molecule has 0 N–H and O–H groups in total. The molecule has 0 saturated carbocycles. The molecule has 2 aromatic carbocycles. The van der Waals surface area contributed by atoms with Crippen LogP contribution in [0.2, 0.25) is 0 Å². The van der Waals surface area contributed by atoms with Crippen molar-refractivity contribution in [2.24, 2.45) is 0 Å². The molecular weight excluding hydrogens is 323 g/mol. The summed E-state index contributed by atoms with van der Waals surface area (Å²) in [5.41, 5.74) is -0.436. The molecule has 2 rings (SSSR count). The van der Waals surface area contributed by atoms with Crippen molar-refractivity contribution in [3.63, 3.8) is 0 Å².